The van der Waals surface area contributed by atoms with E-state index in [1.165, 1.54) is 36.8 Å². The zero-order chi connectivity index (χ0) is 15.6. The average molecular weight is 314 g/mol. The third-order valence-electron chi connectivity index (χ3n) is 5.52. The second-order valence-corrected chi connectivity index (χ2v) is 7.82. The standard InChI is InChI=1S/C20H30N2O/c1-15-13-22(9-10-23-15)14-17-4-2-3-16(11-17)12-21-20(18-5-6-18)19-7-8-19/h2-4,11,15,18-21H,5-10,12-14H2,1H3. The van der Waals surface area contributed by atoms with Crippen molar-refractivity contribution in [1.29, 1.82) is 0 Å². The van der Waals surface area contributed by atoms with Gasteiger partial charge in [0.15, 0.2) is 0 Å². The van der Waals surface area contributed by atoms with Crippen molar-refractivity contribution in [2.24, 2.45) is 11.8 Å². The van der Waals surface area contributed by atoms with Crippen LogP contribution in [-0.2, 0) is 17.8 Å². The van der Waals surface area contributed by atoms with E-state index in [9.17, 15) is 0 Å². The monoisotopic (exact) mass is 314 g/mol. The second kappa shape index (κ2) is 6.92. The number of morpholine rings is 1. The van der Waals surface area contributed by atoms with Gasteiger partial charge in [0.25, 0.3) is 0 Å². The predicted octanol–water partition coefficient (Wildman–Crippen LogP) is 3.19. The van der Waals surface area contributed by atoms with E-state index in [1.54, 1.807) is 0 Å². The molecular formula is C20H30N2O. The number of rotatable bonds is 7. The van der Waals surface area contributed by atoms with Crippen molar-refractivity contribution in [2.75, 3.05) is 19.7 Å². The summed E-state index contributed by atoms with van der Waals surface area (Å²) in [5.74, 6) is 1.95. The molecule has 2 aliphatic carbocycles. The first kappa shape index (κ1) is 15.6. The fraction of sp³-hybridized carbons (Fsp3) is 0.700. The van der Waals surface area contributed by atoms with Crippen LogP contribution in [0.3, 0.4) is 0 Å². The lowest BCUT2D eigenvalue weighted by atomic mass is 10.1. The van der Waals surface area contributed by atoms with E-state index in [2.05, 4.69) is 41.4 Å². The maximum absolute atomic E-state index is 5.64. The summed E-state index contributed by atoms with van der Waals surface area (Å²) >= 11 is 0. The van der Waals surface area contributed by atoms with Crippen molar-refractivity contribution in [3.05, 3.63) is 35.4 Å². The van der Waals surface area contributed by atoms with Crippen LogP contribution in [0.25, 0.3) is 0 Å². The first-order valence-corrected chi connectivity index (χ1v) is 9.43. The van der Waals surface area contributed by atoms with Gasteiger partial charge in [-0.15, -0.1) is 0 Å². The summed E-state index contributed by atoms with van der Waals surface area (Å²) in [6, 6.07) is 9.94. The Hall–Kier alpha value is -0.900. The van der Waals surface area contributed by atoms with Crippen molar-refractivity contribution >= 4 is 0 Å². The molecule has 0 spiro atoms. The van der Waals surface area contributed by atoms with Crippen LogP contribution in [0.5, 0.6) is 0 Å². The lowest BCUT2D eigenvalue weighted by Gasteiger charge is -2.31. The van der Waals surface area contributed by atoms with Crippen molar-refractivity contribution in [1.82, 2.24) is 10.2 Å². The molecule has 3 aliphatic rings. The van der Waals surface area contributed by atoms with Crippen LogP contribution in [0, 0.1) is 11.8 Å². The summed E-state index contributed by atoms with van der Waals surface area (Å²) in [5, 5.41) is 3.86. The van der Waals surface area contributed by atoms with Gasteiger partial charge in [-0.2, -0.15) is 0 Å². The molecule has 1 aliphatic heterocycles. The van der Waals surface area contributed by atoms with Gasteiger partial charge in [0.05, 0.1) is 12.7 Å². The van der Waals surface area contributed by atoms with Gasteiger partial charge in [-0.3, -0.25) is 4.90 Å². The molecule has 0 aromatic heterocycles. The topological polar surface area (TPSA) is 24.5 Å². The first-order chi connectivity index (χ1) is 11.3. The summed E-state index contributed by atoms with van der Waals surface area (Å²) in [5.41, 5.74) is 2.88. The lowest BCUT2D eigenvalue weighted by Crippen LogP contribution is -2.40. The van der Waals surface area contributed by atoms with Gasteiger partial charge in [-0.1, -0.05) is 24.3 Å². The van der Waals surface area contributed by atoms with Crippen LogP contribution in [0.4, 0.5) is 0 Å². The van der Waals surface area contributed by atoms with E-state index < -0.39 is 0 Å². The number of ether oxygens (including phenoxy) is 1. The predicted molar refractivity (Wildman–Crippen MR) is 93.2 cm³/mol. The molecule has 23 heavy (non-hydrogen) atoms. The zero-order valence-corrected chi connectivity index (χ0v) is 14.3. The molecule has 0 bridgehead atoms. The van der Waals surface area contributed by atoms with Gasteiger partial charge in [0.2, 0.25) is 0 Å². The molecule has 2 saturated carbocycles. The Bertz CT molecular complexity index is 512. The van der Waals surface area contributed by atoms with E-state index in [4.69, 9.17) is 4.74 Å². The molecule has 126 valence electrons. The molecule has 1 heterocycles. The highest BCUT2D eigenvalue weighted by atomic mass is 16.5. The molecule has 4 rings (SSSR count). The van der Waals surface area contributed by atoms with Gasteiger partial charge in [0.1, 0.15) is 0 Å². The van der Waals surface area contributed by atoms with E-state index in [-0.39, 0.29) is 0 Å². The van der Waals surface area contributed by atoms with E-state index in [0.29, 0.717) is 6.10 Å². The third-order valence-corrected chi connectivity index (χ3v) is 5.52. The van der Waals surface area contributed by atoms with Crippen LogP contribution in [0.2, 0.25) is 0 Å². The highest BCUT2D eigenvalue weighted by molar-refractivity contribution is 5.23. The molecule has 0 amide bonds. The summed E-state index contributed by atoms with van der Waals surface area (Å²) in [4.78, 5) is 2.51. The summed E-state index contributed by atoms with van der Waals surface area (Å²) < 4.78 is 5.64. The minimum Gasteiger partial charge on any atom is -0.376 e. The zero-order valence-electron chi connectivity index (χ0n) is 14.3. The fourth-order valence-electron chi connectivity index (χ4n) is 3.99. The Balaban J connectivity index is 1.32. The first-order valence-electron chi connectivity index (χ1n) is 9.43. The van der Waals surface area contributed by atoms with Gasteiger partial charge in [-0.25, -0.2) is 0 Å². The number of hydrogen-bond donors (Lipinski definition) is 1. The Morgan fingerprint density at radius 1 is 1.17 bits per heavy atom. The summed E-state index contributed by atoms with van der Waals surface area (Å²) in [7, 11) is 0. The molecule has 1 atom stereocenters. The van der Waals surface area contributed by atoms with Crippen molar-refractivity contribution in [2.45, 2.75) is 57.8 Å². The van der Waals surface area contributed by atoms with Gasteiger partial charge in [-0.05, 0) is 55.6 Å². The average Bonchev–Trinajstić information content (AvgIpc) is 3.42. The fourth-order valence-corrected chi connectivity index (χ4v) is 3.99. The maximum atomic E-state index is 5.64. The minimum atomic E-state index is 0.367. The highest BCUT2D eigenvalue weighted by Gasteiger charge is 2.40. The number of benzene rings is 1. The number of hydrogen-bond acceptors (Lipinski definition) is 3. The van der Waals surface area contributed by atoms with Gasteiger partial charge >= 0.3 is 0 Å². The highest BCUT2D eigenvalue weighted by Crippen LogP contribution is 2.44. The molecule has 3 fully saturated rings. The van der Waals surface area contributed by atoms with Crippen LogP contribution >= 0.6 is 0 Å². The van der Waals surface area contributed by atoms with Crippen molar-refractivity contribution in [3.63, 3.8) is 0 Å². The van der Waals surface area contributed by atoms with Crippen LogP contribution < -0.4 is 5.32 Å². The van der Waals surface area contributed by atoms with Crippen molar-refractivity contribution in [3.8, 4) is 0 Å². The lowest BCUT2D eigenvalue weighted by molar-refractivity contribution is -0.0212. The van der Waals surface area contributed by atoms with Crippen molar-refractivity contribution < 1.29 is 4.74 Å². The second-order valence-electron chi connectivity index (χ2n) is 7.82. The van der Waals surface area contributed by atoms with Crippen LogP contribution in [0.1, 0.15) is 43.7 Å². The SMILES string of the molecule is CC1CN(Cc2cccc(CNC(C3CC3)C3CC3)c2)CCO1. The molecule has 0 radical (unpaired) electrons. The number of nitrogens with zero attached hydrogens (tertiary/aromatic N) is 1. The van der Waals surface area contributed by atoms with E-state index in [1.807, 2.05) is 0 Å². The smallest absolute Gasteiger partial charge is 0.0674 e. The van der Waals surface area contributed by atoms with Gasteiger partial charge in [0, 0.05) is 32.2 Å². The molecule has 1 aromatic carbocycles. The largest absolute Gasteiger partial charge is 0.376 e. The maximum Gasteiger partial charge on any atom is 0.0674 e. The quantitative estimate of drug-likeness (QED) is 0.836. The Morgan fingerprint density at radius 3 is 2.61 bits per heavy atom. The molecule has 1 N–H and O–H groups in total. The number of nitrogens with one attached hydrogen (secondary N) is 1. The van der Waals surface area contributed by atoms with E-state index >= 15 is 0 Å². The molecule has 3 heteroatoms. The van der Waals surface area contributed by atoms with Crippen LogP contribution in [0.15, 0.2) is 24.3 Å². The summed E-state index contributed by atoms with van der Waals surface area (Å²) in [6.07, 6.45) is 6.16. The molecule has 1 saturated heterocycles. The third kappa shape index (κ3) is 4.34. The Labute approximate surface area is 140 Å². The van der Waals surface area contributed by atoms with Gasteiger partial charge < -0.3 is 10.1 Å². The van der Waals surface area contributed by atoms with Crippen LogP contribution in [-0.4, -0.2) is 36.7 Å². The molecule has 1 unspecified atom stereocenters. The molecular weight excluding hydrogens is 284 g/mol. The normalized spacial score (nSPS) is 25.9. The summed E-state index contributed by atoms with van der Waals surface area (Å²) in [6.45, 7) is 7.22. The minimum absolute atomic E-state index is 0.367. The molecule has 1 aromatic rings. The van der Waals surface area contributed by atoms with E-state index in [0.717, 1.165) is 50.7 Å². The Kier molecular flexibility index (Phi) is 4.70. The Morgan fingerprint density at radius 2 is 1.91 bits per heavy atom. The molecule has 3 nitrogen and oxygen atoms in total.